The molecule has 1 heterocycles. The molecule has 0 radical (unpaired) electrons. The molecule has 1 aromatic heterocycles. The van der Waals surface area contributed by atoms with Gasteiger partial charge in [0.25, 0.3) is 0 Å². The fourth-order valence-electron chi connectivity index (χ4n) is 2.43. The van der Waals surface area contributed by atoms with Crippen LogP contribution in [0.5, 0.6) is 5.75 Å². The van der Waals surface area contributed by atoms with Crippen molar-refractivity contribution in [1.82, 2.24) is 14.8 Å². The predicted molar refractivity (Wildman–Crippen MR) is 104 cm³/mol. The van der Waals surface area contributed by atoms with Crippen LogP contribution in [0.15, 0.2) is 53.7 Å². The zero-order valence-corrected chi connectivity index (χ0v) is 15.8. The van der Waals surface area contributed by atoms with E-state index in [4.69, 9.17) is 21.6 Å². The molecule has 0 saturated heterocycles. The van der Waals surface area contributed by atoms with Gasteiger partial charge in [-0.1, -0.05) is 23.4 Å². The lowest BCUT2D eigenvalue weighted by Crippen LogP contribution is -2.00. The molecule has 0 unspecified atom stereocenters. The van der Waals surface area contributed by atoms with Gasteiger partial charge in [0.1, 0.15) is 5.75 Å². The number of nitriles is 1. The van der Waals surface area contributed by atoms with E-state index in [0.29, 0.717) is 11.4 Å². The lowest BCUT2D eigenvalue weighted by Gasteiger charge is -2.11. The van der Waals surface area contributed by atoms with Crippen LogP contribution in [-0.4, -0.2) is 27.6 Å². The summed E-state index contributed by atoms with van der Waals surface area (Å²) in [5.74, 6) is 2.34. The number of ether oxygens (including phenoxy) is 1. The summed E-state index contributed by atoms with van der Waals surface area (Å²) < 4.78 is 7.26. The van der Waals surface area contributed by atoms with Crippen molar-refractivity contribution in [3.05, 3.63) is 53.6 Å². The molecule has 26 heavy (non-hydrogen) atoms. The third-order valence-corrected chi connectivity index (χ3v) is 5.00. The molecule has 0 fully saturated rings. The summed E-state index contributed by atoms with van der Waals surface area (Å²) in [6.45, 7) is 0. The Balaban J connectivity index is 1.99. The van der Waals surface area contributed by atoms with E-state index in [-0.39, 0.29) is 0 Å². The molecule has 0 aliphatic rings. The van der Waals surface area contributed by atoms with Gasteiger partial charge in [-0.3, -0.25) is 4.57 Å². The zero-order chi connectivity index (χ0) is 18.4. The van der Waals surface area contributed by atoms with Crippen molar-refractivity contribution in [2.45, 2.75) is 18.0 Å². The average molecular weight is 385 g/mol. The Bertz CT molecular complexity index is 901. The fraction of sp³-hybridized carbons (Fsp3) is 0.211. The van der Waals surface area contributed by atoms with Gasteiger partial charge in [-0.25, -0.2) is 0 Å². The summed E-state index contributed by atoms with van der Waals surface area (Å²) in [6.07, 6.45) is 1.35. The van der Waals surface area contributed by atoms with Gasteiger partial charge in [-0.2, -0.15) is 5.26 Å². The molecule has 0 bridgehead atoms. The van der Waals surface area contributed by atoms with Crippen molar-refractivity contribution in [2.75, 3.05) is 12.9 Å². The Morgan fingerprint density at radius 3 is 2.50 bits per heavy atom. The second kappa shape index (κ2) is 8.75. The van der Waals surface area contributed by atoms with Crippen LogP contribution in [0.3, 0.4) is 0 Å². The Labute approximate surface area is 161 Å². The van der Waals surface area contributed by atoms with Crippen molar-refractivity contribution < 1.29 is 4.74 Å². The van der Waals surface area contributed by atoms with Crippen molar-refractivity contribution >= 4 is 23.4 Å². The Kier molecular flexibility index (Phi) is 6.16. The summed E-state index contributed by atoms with van der Waals surface area (Å²) in [5, 5.41) is 18.9. The van der Waals surface area contributed by atoms with E-state index in [9.17, 15) is 0 Å². The standard InChI is InChI=1S/C19H17ClN4OS/c1-25-17-10-8-16(9-11-17)24-18(14-4-6-15(20)7-5-14)22-23-19(24)26-13-3-2-12-21/h4-11H,2-3,13H2,1H3. The number of aromatic nitrogens is 3. The highest BCUT2D eigenvalue weighted by Gasteiger charge is 2.16. The summed E-state index contributed by atoms with van der Waals surface area (Å²) in [4.78, 5) is 0. The molecule has 0 aliphatic carbocycles. The van der Waals surface area contributed by atoms with E-state index in [1.807, 2.05) is 53.1 Å². The monoisotopic (exact) mass is 384 g/mol. The third-order valence-electron chi connectivity index (χ3n) is 3.73. The first-order chi connectivity index (χ1) is 12.7. The van der Waals surface area contributed by atoms with Gasteiger partial charge in [0, 0.05) is 28.4 Å². The van der Waals surface area contributed by atoms with Crippen LogP contribution in [-0.2, 0) is 0 Å². The van der Waals surface area contributed by atoms with E-state index in [1.54, 1.807) is 18.9 Å². The minimum atomic E-state index is 0.535. The molecule has 0 spiro atoms. The van der Waals surface area contributed by atoms with Crippen molar-refractivity contribution in [3.8, 4) is 28.9 Å². The average Bonchev–Trinajstić information content (AvgIpc) is 3.10. The van der Waals surface area contributed by atoms with Crippen molar-refractivity contribution in [3.63, 3.8) is 0 Å². The lowest BCUT2D eigenvalue weighted by atomic mass is 10.2. The van der Waals surface area contributed by atoms with E-state index in [1.165, 1.54) is 0 Å². The molecular formula is C19H17ClN4OS. The summed E-state index contributed by atoms with van der Waals surface area (Å²) in [6, 6.07) is 17.5. The maximum Gasteiger partial charge on any atom is 0.196 e. The quantitative estimate of drug-likeness (QED) is 0.424. The highest BCUT2D eigenvalue weighted by atomic mass is 35.5. The van der Waals surface area contributed by atoms with Crippen LogP contribution in [0.1, 0.15) is 12.8 Å². The molecule has 0 aliphatic heterocycles. The van der Waals surface area contributed by atoms with E-state index in [2.05, 4.69) is 16.3 Å². The first-order valence-corrected chi connectivity index (χ1v) is 9.45. The second-order valence-corrected chi connectivity index (χ2v) is 6.96. The number of thioether (sulfide) groups is 1. The Morgan fingerprint density at radius 1 is 1.12 bits per heavy atom. The van der Waals surface area contributed by atoms with Gasteiger partial charge in [-0.15, -0.1) is 10.2 Å². The zero-order valence-electron chi connectivity index (χ0n) is 14.2. The van der Waals surface area contributed by atoms with Crippen LogP contribution in [0.25, 0.3) is 17.1 Å². The normalized spacial score (nSPS) is 10.5. The van der Waals surface area contributed by atoms with Crippen LogP contribution < -0.4 is 4.74 Å². The molecule has 0 amide bonds. The van der Waals surface area contributed by atoms with Gasteiger partial charge < -0.3 is 4.74 Å². The van der Waals surface area contributed by atoms with Crippen LogP contribution in [0.2, 0.25) is 5.02 Å². The van der Waals surface area contributed by atoms with E-state index < -0.39 is 0 Å². The Morgan fingerprint density at radius 2 is 1.85 bits per heavy atom. The first kappa shape index (κ1) is 18.3. The molecule has 3 rings (SSSR count). The number of hydrogen-bond acceptors (Lipinski definition) is 5. The number of methoxy groups -OCH3 is 1. The van der Waals surface area contributed by atoms with Crippen LogP contribution >= 0.6 is 23.4 Å². The SMILES string of the molecule is COc1ccc(-n2c(SCCCC#N)nnc2-c2ccc(Cl)cc2)cc1. The van der Waals surface area contributed by atoms with Gasteiger partial charge in [0.05, 0.1) is 13.2 Å². The van der Waals surface area contributed by atoms with Crippen LogP contribution in [0, 0.1) is 11.3 Å². The number of halogens is 1. The molecule has 0 N–H and O–H groups in total. The highest BCUT2D eigenvalue weighted by Crippen LogP contribution is 2.29. The van der Waals surface area contributed by atoms with Crippen molar-refractivity contribution in [2.24, 2.45) is 0 Å². The van der Waals surface area contributed by atoms with Gasteiger partial charge >= 0.3 is 0 Å². The number of benzene rings is 2. The topological polar surface area (TPSA) is 63.7 Å². The minimum absolute atomic E-state index is 0.535. The smallest absolute Gasteiger partial charge is 0.196 e. The second-order valence-electron chi connectivity index (χ2n) is 5.46. The van der Waals surface area contributed by atoms with Crippen molar-refractivity contribution in [1.29, 1.82) is 5.26 Å². The molecule has 132 valence electrons. The summed E-state index contributed by atoms with van der Waals surface area (Å²) >= 11 is 7.60. The van der Waals surface area contributed by atoms with Gasteiger partial charge in [0.15, 0.2) is 11.0 Å². The summed E-state index contributed by atoms with van der Waals surface area (Å²) in [5.41, 5.74) is 1.88. The van der Waals surface area contributed by atoms with Gasteiger partial charge in [0.2, 0.25) is 0 Å². The minimum Gasteiger partial charge on any atom is -0.497 e. The largest absolute Gasteiger partial charge is 0.497 e. The number of hydrogen-bond donors (Lipinski definition) is 0. The van der Waals surface area contributed by atoms with Gasteiger partial charge in [-0.05, 0) is 55.0 Å². The maximum atomic E-state index is 8.71. The molecule has 3 aromatic rings. The van der Waals surface area contributed by atoms with E-state index in [0.717, 1.165) is 40.2 Å². The number of nitrogens with zero attached hydrogens (tertiary/aromatic N) is 4. The molecule has 5 nitrogen and oxygen atoms in total. The Hall–Kier alpha value is -2.49. The number of rotatable bonds is 7. The molecular weight excluding hydrogens is 368 g/mol. The maximum absolute atomic E-state index is 8.71. The number of unbranched alkanes of at least 4 members (excludes halogenated alkanes) is 1. The van der Waals surface area contributed by atoms with E-state index >= 15 is 0 Å². The lowest BCUT2D eigenvalue weighted by molar-refractivity contribution is 0.414. The first-order valence-electron chi connectivity index (χ1n) is 8.08. The predicted octanol–water partition coefficient (Wildman–Crippen LogP) is 4.99. The fourth-order valence-corrected chi connectivity index (χ4v) is 3.44. The molecule has 7 heteroatoms. The molecule has 0 atom stereocenters. The third kappa shape index (κ3) is 4.18. The summed E-state index contributed by atoms with van der Waals surface area (Å²) in [7, 11) is 1.64. The molecule has 0 saturated carbocycles. The van der Waals surface area contributed by atoms with Crippen LogP contribution in [0.4, 0.5) is 0 Å². The molecule has 2 aromatic carbocycles. The highest BCUT2D eigenvalue weighted by molar-refractivity contribution is 7.99.